The number of hydrogen-bond acceptors (Lipinski definition) is 17. The Bertz CT molecular complexity index is 1550. The number of fused-ring (bicyclic) bond motifs is 1. The van der Waals surface area contributed by atoms with Crippen LogP contribution in [0.15, 0.2) is 12.7 Å². The number of amides is 2. The number of nitrogens with two attached hydrogens (primary N) is 1. The molecule has 2 amide bonds. The number of nitrogens with one attached hydrogen (secondary N) is 2. The molecule has 8 atom stereocenters. The van der Waals surface area contributed by atoms with Gasteiger partial charge in [-0.05, 0) is 6.42 Å². The molecule has 1 saturated heterocycles. The lowest BCUT2D eigenvalue weighted by Crippen LogP contribution is -2.46. The fourth-order valence-corrected chi connectivity index (χ4v) is 7.41. The van der Waals surface area contributed by atoms with Crippen LogP contribution >= 0.6 is 27.4 Å². The zero-order chi connectivity index (χ0) is 36.6. The summed E-state index contributed by atoms with van der Waals surface area (Å²) in [5, 5.41) is 36.3. The Morgan fingerprint density at radius 2 is 1.84 bits per heavy atom. The van der Waals surface area contributed by atoms with Gasteiger partial charge in [0, 0.05) is 30.7 Å². The number of aromatic nitrogens is 4. The summed E-state index contributed by atoms with van der Waals surface area (Å²) in [6.07, 6.45) is -3.99. The van der Waals surface area contributed by atoms with Crippen LogP contribution in [0.25, 0.3) is 11.2 Å². The third-order valence-electron chi connectivity index (χ3n) is 7.16. The van der Waals surface area contributed by atoms with Crippen LogP contribution in [0.1, 0.15) is 39.8 Å². The van der Waals surface area contributed by atoms with Crippen LogP contribution < -0.4 is 16.4 Å². The van der Waals surface area contributed by atoms with Crippen molar-refractivity contribution >= 4 is 62.5 Å². The first kappa shape index (κ1) is 40.8. The quantitative estimate of drug-likeness (QED) is 0.0456. The normalized spacial score (nSPS) is 23.3. The van der Waals surface area contributed by atoms with Crippen molar-refractivity contribution in [1.82, 2.24) is 30.2 Å². The highest BCUT2D eigenvalue weighted by atomic mass is 32.2. The van der Waals surface area contributed by atoms with E-state index in [1.165, 1.54) is 36.5 Å². The van der Waals surface area contributed by atoms with E-state index in [1.807, 2.05) is 6.92 Å². The molecule has 0 radical (unpaired) electrons. The number of ether oxygens (including phenoxy) is 1. The van der Waals surface area contributed by atoms with Crippen molar-refractivity contribution in [3.8, 4) is 0 Å². The number of aliphatic hydroxyl groups is 3. The fourth-order valence-electron chi connectivity index (χ4n) is 4.32. The molecule has 276 valence electrons. The summed E-state index contributed by atoms with van der Waals surface area (Å²) in [6, 6.07) is 0. The van der Waals surface area contributed by atoms with Crippen LogP contribution in [0.5, 0.6) is 0 Å². The second kappa shape index (κ2) is 17.6. The summed E-state index contributed by atoms with van der Waals surface area (Å²) in [7, 11) is -10.7. The van der Waals surface area contributed by atoms with Crippen LogP contribution in [0, 0.1) is 5.41 Å². The van der Waals surface area contributed by atoms with Crippen LogP contribution in [-0.4, -0.2) is 124 Å². The number of nitrogens with zero attached hydrogens (tertiary/aromatic N) is 4. The Morgan fingerprint density at radius 3 is 2.51 bits per heavy atom. The number of phosphoric ester groups is 2. The predicted octanol–water partition coefficient (Wildman–Crippen LogP) is -1.00. The Kier molecular flexibility index (Phi) is 14.6. The number of carbonyl (C=O) groups excluding carboxylic acids is 3. The Morgan fingerprint density at radius 1 is 1.14 bits per heavy atom. The van der Waals surface area contributed by atoms with E-state index in [4.69, 9.17) is 19.5 Å². The lowest BCUT2D eigenvalue weighted by Gasteiger charge is -2.30. The molecule has 1 aliphatic heterocycles. The van der Waals surface area contributed by atoms with Gasteiger partial charge >= 0.3 is 15.6 Å². The van der Waals surface area contributed by atoms with E-state index in [0.717, 1.165) is 12.6 Å². The maximum Gasteiger partial charge on any atom is 0.481 e. The largest absolute Gasteiger partial charge is 0.481 e. The molecular weight excluding hydrogens is 716 g/mol. The van der Waals surface area contributed by atoms with Gasteiger partial charge in [0.25, 0.3) is 0 Å². The number of aldehydes is 1. The van der Waals surface area contributed by atoms with Crippen molar-refractivity contribution in [2.24, 2.45) is 5.41 Å². The predicted molar refractivity (Wildman–Crippen MR) is 171 cm³/mol. The third-order valence-corrected chi connectivity index (χ3v) is 11.1. The topological polar surface area (TPSA) is 317 Å². The van der Waals surface area contributed by atoms with Crippen molar-refractivity contribution in [1.29, 1.82) is 0 Å². The minimum Gasteiger partial charge on any atom is -0.387 e. The summed E-state index contributed by atoms with van der Waals surface area (Å²) >= 11 is 1.40. The minimum absolute atomic E-state index is 0.0493. The van der Waals surface area contributed by atoms with Crippen LogP contribution in [-0.2, 0) is 41.6 Å². The van der Waals surface area contributed by atoms with E-state index in [2.05, 4.69) is 29.9 Å². The number of anilines is 1. The van der Waals surface area contributed by atoms with Crippen LogP contribution in [0.2, 0.25) is 0 Å². The second-order valence-corrected chi connectivity index (χ2v) is 15.8. The smallest absolute Gasteiger partial charge is 0.387 e. The molecule has 0 aromatic carbocycles. The summed E-state index contributed by atoms with van der Waals surface area (Å²) in [5.41, 5.74) is 4.57. The first-order chi connectivity index (χ1) is 22.9. The van der Waals surface area contributed by atoms with Crippen LogP contribution in [0.4, 0.5) is 5.82 Å². The lowest BCUT2D eigenvalue weighted by molar-refractivity contribution is -0.137. The Balaban J connectivity index is 1.43. The molecule has 3 unspecified atom stereocenters. The molecule has 0 aliphatic carbocycles. The Hall–Kier alpha value is -2.59. The van der Waals surface area contributed by atoms with E-state index < -0.39 is 70.8 Å². The first-order valence-corrected chi connectivity index (χ1v) is 18.8. The molecule has 49 heavy (non-hydrogen) atoms. The van der Waals surface area contributed by atoms with Gasteiger partial charge in [-0.25, -0.2) is 24.1 Å². The number of nitrogen functional groups attached to an aromatic ring is 1. The number of rotatable bonds is 20. The highest BCUT2D eigenvalue weighted by Gasteiger charge is 2.46. The molecule has 9 N–H and O–H groups in total. The van der Waals surface area contributed by atoms with Crippen molar-refractivity contribution in [3.63, 3.8) is 0 Å². The van der Waals surface area contributed by atoms with E-state index in [9.17, 15) is 48.6 Å². The summed E-state index contributed by atoms with van der Waals surface area (Å²) < 4.78 is 45.5. The van der Waals surface area contributed by atoms with Crippen molar-refractivity contribution in [2.45, 2.75) is 69.5 Å². The first-order valence-electron chi connectivity index (χ1n) is 14.8. The number of carbonyl (C=O) groups is 3. The third kappa shape index (κ3) is 11.5. The monoisotopic (exact) mass is 757 g/mol. The van der Waals surface area contributed by atoms with Crippen molar-refractivity contribution in [3.05, 3.63) is 12.7 Å². The zero-order valence-corrected chi connectivity index (χ0v) is 29.3. The highest BCUT2D eigenvalue weighted by molar-refractivity contribution is 8.00. The van der Waals surface area contributed by atoms with Gasteiger partial charge in [0.15, 0.2) is 17.7 Å². The maximum atomic E-state index is 12.5. The highest BCUT2D eigenvalue weighted by Crippen LogP contribution is 2.61. The molecule has 2 aromatic rings. The van der Waals surface area contributed by atoms with Gasteiger partial charge in [-0.2, -0.15) is 4.31 Å². The molecule has 0 bridgehead atoms. The van der Waals surface area contributed by atoms with Gasteiger partial charge in [0.1, 0.15) is 42.5 Å². The molecule has 1 aliphatic rings. The molecule has 2 aromatic heterocycles. The molecule has 3 rings (SSSR count). The number of aliphatic hydroxyl groups excluding tert-OH is 3. The van der Waals surface area contributed by atoms with Gasteiger partial charge in [-0.1, -0.05) is 20.8 Å². The van der Waals surface area contributed by atoms with Gasteiger partial charge in [-0.15, -0.1) is 11.8 Å². The molecule has 1 fully saturated rings. The number of hydrogen-bond donors (Lipinski definition) is 8. The van der Waals surface area contributed by atoms with Crippen molar-refractivity contribution < 1.29 is 66.7 Å². The number of thioether (sulfide) groups is 1. The molecular formula is C25H41N7O14P2S. The molecule has 21 nitrogen and oxygen atoms in total. The molecule has 0 spiro atoms. The van der Waals surface area contributed by atoms with Gasteiger partial charge in [0.05, 0.1) is 24.8 Å². The minimum atomic E-state index is -5.37. The average Bonchev–Trinajstić information content (AvgIpc) is 3.59. The van der Waals surface area contributed by atoms with E-state index >= 15 is 0 Å². The summed E-state index contributed by atoms with van der Waals surface area (Å²) in [6.45, 7) is 2.93. The van der Waals surface area contributed by atoms with Gasteiger partial charge < -0.3 is 51.0 Å². The standard InChI is InChI=1S/C25H41N7O14P2S/c1-4-14(9-33)49-8-7-27-16(34)5-6-28-23(38)20(37)25(2,3)11-44-48(41,42)46-47(39,40)43-10-15-18(35)19(36)24(45-15)32-13-31-17-21(26)29-12-30-22(17)32/h9,12-15,18-20,24,35-37H,4-8,10-11H2,1-3H3,(H,27,34)(H,28,38)(H,39,40)(H,41,42)(H2,26,29,30)/t14?,15-,18-,19-,20+,24-/m1/s1. The average molecular weight is 758 g/mol. The maximum absolute atomic E-state index is 12.5. The van der Waals surface area contributed by atoms with E-state index in [-0.39, 0.29) is 41.1 Å². The van der Waals surface area contributed by atoms with E-state index in [0.29, 0.717) is 18.7 Å². The number of phosphoric acid groups is 2. The SMILES string of the molecule is CCC(C=O)SCCNC(=O)CCNC(=O)[C@H](O)C(C)(C)COP(=O)(O)OP(=O)(O)OC[C@H]1O[C@@H](n2cnc3c(N)ncnc32)[C@H](O)[C@@H]1O. The molecule has 0 saturated carbocycles. The van der Waals surface area contributed by atoms with Crippen molar-refractivity contribution in [2.75, 3.05) is 37.8 Å². The number of imidazole rings is 1. The van der Waals surface area contributed by atoms with Gasteiger partial charge in [0.2, 0.25) is 11.8 Å². The van der Waals surface area contributed by atoms with Crippen LogP contribution in [0.3, 0.4) is 0 Å². The van der Waals surface area contributed by atoms with Gasteiger partial charge in [-0.3, -0.25) is 23.2 Å². The second-order valence-electron chi connectivity index (χ2n) is 11.5. The lowest BCUT2D eigenvalue weighted by atomic mass is 9.87. The Labute approximate surface area is 284 Å². The fraction of sp³-hybridized carbons (Fsp3) is 0.680. The zero-order valence-electron chi connectivity index (χ0n) is 26.7. The summed E-state index contributed by atoms with van der Waals surface area (Å²) in [4.78, 5) is 67.2. The van der Waals surface area contributed by atoms with E-state index in [1.54, 1.807) is 0 Å². The molecule has 24 heteroatoms. The summed E-state index contributed by atoms with van der Waals surface area (Å²) in [5.74, 6) is -0.718. The molecule has 3 heterocycles.